The SMILES string of the molecule is Cc1cccc(NC(=O)C2CCN(S(=O)(=O)c3ccc4c(c3)sc(=O)n4C(C)C)CC2)n1. The number of aromatic nitrogens is 2. The minimum atomic E-state index is -3.71. The predicted molar refractivity (Wildman–Crippen MR) is 126 cm³/mol. The third-order valence-corrected chi connectivity index (χ3v) is 8.52. The highest BCUT2D eigenvalue weighted by atomic mass is 32.2. The fourth-order valence-corrected chi connectivity index (χ4v) is 6.64. The van der Waals surface area contributed by atoms with Gasteiger partial charge in [-0.15, -0.1) is 0 Å². The van der Waals surface area contributed by atoms with E-state index in [0.717, 1.165) is 22.5 Å². The first kappa shape index (κ1) is 22.6. The van der Waals surface area contributed by atoms with Crippen LogP contribution in [0.25, 0.3) is 10.2 Å². The van der Waals surface area contributed by atoms with Crippen LogP contribution in [0.4, 0.5) is 5.82 Å². The van der Waals surface area contributed by atoms with Gasteiger partial charge in [-0.2, -0.15) is 4.31 Å². The normalized spacial score (nSPS) is 16.0. The maximum absolute atomic E-state index is 13.2. The second kappa shape index (κ2) is 8.76. The van der Waals surface area contributed by atoms with Gasteiger partial charge in [-0.25, -0.2) is 13.4 Å². The number of hydrogen-bond acceptors (Lipinski definition) is 6. The summed E-state index contributed by atoms with van der Waals surface area (Å²) in [7, 11) is -3.71. The van der Waals surface area contributed by atoms with Crippen molar-refractivity contribution in [2.75, 3.05) is 18.4 Å². The van der Waals surface area contributed by atoms with Crippen LogP contribution in [0.15, 0.2) is 46.1 Å². The number of hydrogen-bond donors (Lipinski definition) is 1. The highest BCUT2D eigenvalue weighted by molar-refractivity contribution is 7.89. The number of sulfonamides is 1. The third kappa shape index (κ3) is 4.35. The van der Waals surface area contributed by atoms with Crippen molar-refractivity contribution < 1.29 is 13.2 Å². The molecule has 32 heavy (non-hydrogen) atoms. The molecule has 0 spiro atoms. The summed E-state index contributed by atoms with van der Waals surface area (Å²) in [6.07, 6.45) is 0.881. The molecule has 10 heteroatoms. The average Bonchev–Trinajstić information content (AvgIpc) is 3.09. The van der Waals surface area contributed by atoms with E-state index in [2.05, 4.69) is 10.3 Å². The van der Waals surface area contributed by atoms with Crippen molar-refractivity contribution in [2.45, 2.75) is 44.6 Å². The molecule has 0 aliphatic carbocycles. The van der Waals surface area contributed by atoms with Crippen LogP contribution in [-0.2, 0) is 14.8 Å². The van der Waals surface area contributed by atoms with E-state index in [9.17, 15) is 18.0 Å². The second-order valence-electron chi connectivity index (χ2n) is 8.29. The number of nitrogens with zero attached hydrogens (tertiary/aromatic N) is 3. The summed E-state index contributed by atoms with van der Waals surface area (Å²) in [5.41, 5.74) is 1.56. The summed E-state index contributed by atoms with van der Waals surface area (Å²) in [5.74, 6) is 0.101. The number of aryl methyl sites for hydroxylation is 1. The number of pyridine rings is 1. The number of piperidine rings is 1. The molecule has 3 aromatic rings. The molecule has 170 valence electrons. The maximum atomic E-state index is 13.2. The molecule has 1 saturated heterocycles. The molecule has 1 aliphatic rings. The molecule has 1 fully saturated rings. The maximum Gasteiger partial charge on any atom is 0.308 e. The zero-order valence-corrected chi connectivity index (χ0v) is 19.9. The molecule has 0 saturated carbocycles. The number of nitrogens with one attached hydrogen (secondary N) is 1. The predicted octanol–water partition coefficient (Wildman–Crippen LogP) is 3.39. The monoisotopic (exact) mass is 474 g/mol. The van der Waals surface area contributed by atoms with Gasteiger partial charge in [-0.05, 0) is 63.9 Å². The summed E-state index contributed by atoms with van der Waals surface area (Å²) < 4.78 is 30.1. The molecule has 0 unspecified atom stereocenters. The molecule has 1 amide bonds. The van der Waals surface area contributed by atoms with E-state index < -0.39 is 10.0 Å². The number of benzene rings is 1. The Labute approximate surface area is 190 Å². The quantitative estimate of drug-likeness (QED) is 0.611. The molecular formula is C22H26N4O4S2. The Kier molecular flexibility index (Phi) is 6.19. The van der Waals surface area contributed by atoms with Crippen LogP contribution in [-0.4, -0.2) is 41.3 Å². The van der Waals surface area contributed by atoms with E-state index in [1.54, 1.807) is 28.8 Å². The lowest BCUT2D eigenvalue weighted by molar-refractivity contribution is -0.120. The van der Waals surface area contributed by atoms with Crippen molar-refractivity contribution in [3.8, 4) is 0 Å². The zero-order chi connectivity index (χ0) is 23.0. The van der Waals surface area contributed by atoms with Gasteiger partial charge < -0.3 is 5.32 Å². The molecule has 4 rings (SSSR count). The van der Waals surface area contributed by atoms with Crippen molar-refractivity contribution in [1.82, 2.24) is 13.9 Å². The summed E-state index contributed by atoms with van der Waals surface area (Å²) in [6.45, 7) is 6.24. The summed E-state index contributed by atoms with van der Waals surface area (Å²) in [4.78, 5) is 29.2. The van der Waals surface area contributed by atoms with E-state index in [1.807, 2.05) is 32.9 Å². The first-order valence-corrected chi connectivity index (χ1v) is 12.8. The van der Waals surface area contributed by atoms with E-state index in [0.29, 0.717) is 23.4 Å². The average molecular weight is 475 g/mol. The van der Waals surface area contributed by atoms with Gasteiger partial charge in [-0.1, -0.05) is 17.4 Å². The number of carbonyl (C=O) groups excluding carboxylic acids is 1. The van der Waals surface area contributed by atoms with Gasteiger partial charge in [0.2, 0.25) is 15.9 Å². The molecule has 2 aromatic heterocycles. The van der Waals surface area contributed by atoms with Gasteiger partial charge in [0.15, 0.2) is 0 Å². The minimum absolute atomic E-state index is 0.00103. The molecule has 0 atom stereocenters. The lowest BCUT2D eigenvalue weighted by Crippen LogP contribution is -2.41. The number of thiazole rings is 1. The van der Waals surface area contributed by atoms with E-state index >= 15 is 0 Å². The van der Waals surface area contributed by atoms with Crippen LogP contribution in [0, 0.1) is 12.8 Å². The zero-order valence-electron chi connectivity index (χ0n) is 18.2. The Morgan fingerprint density at radius 1 is 1.19 bits per heavy atom. The van der Waals surface area contributed by atoms with Crippen LogP contribution in [0.5, 0.6) is 0 Å². The fraction of sp³-hybridized carbons (Fsp3) is 0.409. The van der Waals surface area contributed by atoms with Crippen molar-refractivity contribution >= 4 is 43.3 Å². The largest absolute Gasteiger partial charge is 0.310 e. The van der Waals surface area contributed by atoms with Crippen LogP contribution < -0.4 is 10.2 Å². The summed E-state index contributed by atoms with van der Waals surface area (Å²) in [6, 6.07) is 10.3. The van der Waals surface area contributed by atoms with E-state index in [1.165, 1.54) is 4.31 Å². The third-order valence-electron chi connectivity index (χ3n) is 5.70. The van der Waals surface area contributed by atoms with Gasteiger partial charge in [0.05, 0.1) is 15.1 Å². The molecule has 1 N–H and O–H groups in total. The van der Waals surface area contributed by atoms with Gasteiger partial charge in [0.1, 0.15) is 5.82 Å². The summed E-state index contributed by atoms with van der Waals surface area (Å²) >= 11 is 1.06. The van der Waals surface area contributed by atoms with E-state index in [-0.39, 0.29) is 40.7 Å². The van der Waals surface area contributed by atoms with Gasteiger partial charge in [0.25, 0.3) is 0 Å². The number of anilines is 1. The number of carbonyl (C=O) groups is 1. The Balaban J connectivity index is 1.47. The second-order valence-corrected chi connectivity index (χ2v) is 11.2. The van der Waals surface area contributed by atoms with Crippen LogP contribution in [0.3, 0.4) is 0 Å². The molecular weight excluding hydrogens is 448 g/mol. The topological polar surface area (TPSA) is 101 Å². The van der Waals surface area contributed by atoms with Crippen molar-refractivity contribution in [3.05, 3.63) is 51.8 Å². The lowest BCUT2D eigenvalue weighted by Gasteiger charge is -2.30. The molecule has 3 heterocycles. The molecule has 1 aromatic carbocycles. The minimum Gasteiger partial charge on any atom is -0.310 e. The van der Waals surface area contributed by atoms with Gasteiger partial charge in [-0.3, -0.25) is 14.2 Å². The Hall–Kier alpha value is -2.56. The van der Waals surface area contributed by atoms with Crippen LogP contribution in [0.2, 0.25) is 0 Å². The van der Waals surface area contributed by atoms with Crippen molar-refractivity contribution in [3.63, 3.8) is 0 Å². The Morgan fingerprint density at radius 2 is 1.91 bits per heavy atom. The number of fused-ring (bicyclic) bond motifs is 1. The standard InChI is InChI=1S/C22H26N4O4S2/c1-14(2)26-18-8-7-17(13-19(18)31-22(26)28)32(29,30)25-11-9-16(10-12-25)21(27)24-20-6-4-5-15(3)23-20/h4-8,13-14,16H,9-12H2,1-3H3,(H,23,24,27). The van der Waals surface area contributed by atoms with Gasteiger partial charge in [0, 0.05) is 30.7 Å². The molecule has 8 nitrogen and oxygen atoms in total. The first-order chi connectivity index (χ1) is 15.2. The lowest BCUT2D eigenvalue weighted by atomic mass is 9.97. The summed E-state index contributed by atoms with van der Waals surface area (Å²) in [5, 5.41) is 2.83. The van der Waals surface area contributed by atoms with Crippen molar-refractivity contribution in [1.29, 1.82) is 0 Å². The number of amides is 1. The molecule has 1 aliphatic heterocycles. The van der Waals surface area contributed by atoms with Crippen LogP contribution >= 0.6 is 11.3 Å². The fourth-order valence-electron chi connectivity index (χ4n) is 4.01. The highest BCUT2D eigenvalue weighted by Crippen LogP contribution is 2.28. The van der Waals surface area contributed by atoms with Gasteiger partial charge >= 0.3 is 4.87 Å². The van der Waals surface area contributed by atoms with Crippen molar-refractivity contribution in [2.24, 2.45) is 5.92 Å². The van der Waals surface area contributed by atoms with E-state index in [4.69, 9.17) is 0 Å². The molecule has 0 radical (unpaired) electrons. The Bertz CT molecular complexity index is 1320. The smallest absolute Gasteiger partial charge is 0.308 e. The Morgan fingerprint density at radius 3 is 2.56 bits per heavy atom. The highest BCUT2D eigenvalue weighted by Gasteiger charge is 2.32. The molecule has 0 bridgehead atoms. The first-order valence-electron chi connectivity index (χ1n) is 10.6. The van der Waals surface area contributed by atoms with Crippen LogP contribution in [0.1, 0.15) is 38.4 Å². The number of rotatable bonds is 5.